The summed E-state index contributed by atoms with van der Waals surface area (Å²) < 4.78 is 0. The molecule has 0 amide bonds. The van der Waals surface area contributed by atoms with Gasteiger partial charge in [0.15, 0.2) is 0 Å². The van der Waals surface area contributed by atoms with Gasteiger partial charge in [0.2, 0.25) is 0 Å². The second-order valence-corrected chi connectivity index (χ2v) is 6.27. The van der Waals surface area contributed by atoms with Crippen LogP contribution in [0.25, 0.3) is 0 Å². The zero-order chi connectivity index (χ0) is 12.6. The second kappa shape index (κ2) is 4.48. The molecular formula is C15H17NOS. The number of rotatable bonds is 2. The molecule has 18 heavy (non-hydrogen) atoms. The summed E-state index contributed by atoms with van der Waals surface area (Å²) in [5.41, 5.74) is 3.09. The maximum absolute atomic E-state index is 10.7. The summed E-state index contributed by atoms with van der Waals surface area (Å²) in [7, 11) is 0. The van der Waals surface area contributed by atoms with Crippen LogP contribution in [0.3, 0.4) is 0 Å². The minimum absolute atomic E-state index is 0.616. The highest BCUT2D eigenvalue weighted by Crippen LogP contribution is 2.31. The van der Waals surface area contributed by atoms with Gasteiger partial charge in [-0.2, -0.15) is 0 Å². The quantitative estimate of drug-likeness (QED) is 0.899. The van der Waals surface area contributed by atoms with E-state index in [1.54, 1.807) is 11.3 Å². The van der Waals surface area contributed by atoms with Crippen molar-refractivity contribution in [2.75, 3.05) is 0 Å². The lowest BCUT2D eigenvalue weighted by Gasteiger charge is -2.33. The van der Waals surface area contributed by atoms with Gasteiger partial charge in [-0.15, -0.1) is 11.3 Å². The standard InChI is InChI=1S/C15H17NOS/c1-11-16-14(10-18-11)9-15(17)7-6-12-4-2-3-5-13(12)8-15/h2-5,10,17H,6-9H2,1H3. The number of nitrogens with zero attached hydrogens (tertiary/aromatic N) is 1. The van der Waals surface area contributed by atoms with Gasteiger partial charge >= 0.3 is 0 Å². The summed E-state index contributed by atoms with van der Waals surface area (Å²) in [6.07, 6.45) is 3.22. The van der Waals surface area contributed by atoms with Crippen LogP contribution < -0.4 is 0 Å². The summed E-state index contributed by atoms with van der Waals surface area (Å²) in [5, 5.41) is 13.9. The SMILES string of the molecule is Cc1nc(CC2(O)CCc3ccccc3C2)cs1. The van der Waals surface area contributed by atoms with Crippen LogP contribution in [0, 0.1) is 6.92 Å². The van der Waals surface area contributed by atoms with E-state index in [0.717, 1.165) is 30.0 Å². The van der Waals surface area contributed by atoms with Crippen molar-refractivity contribution in [3.8, 4) is 0 Å². The molecule has 1 aromatic carbocycles. The molecule has 2 aromatic rings. The van der Waals surface area contributed by atoms with Crippen LogP contribution in [-0.2, 0) is 19.3 Å². The highest BCUT2D eigenvalue weighted by molar-refractivity contribution is 7.09. The van der Waals surface area contributed by atoms with Gasteiger partial charge in [0.1, 0.15) is 0 Å². The minimum atomic E-state index is -0.616. The summed E-state index contributed by atoms with van der Waals surface area (Å²) in [4.78, 5) is 4.46. The van der Waals surface area contributed by atoms with E-state index in [4.69, 9.17) is 0 Å². The summed E-state index contributed by atoms with van der Waals surface area (Å²) in [5.74, 6) is 0. The van der Waals surface area contributed by atoms with Gasteiger partial charge < -0.3 is 5.11 Å². The summed E-state index contributed by atoms with van der Waals surface area (Å²) in [6.45, 7) is 2.01. The van der Waals surface area contributed by atoms with E-state index >= 15 is 0 Å². The van der Waals surface area contributed by atoms with E-state index in [2.05, 4.69) is 34.6 Å². The number of benzene rings is 1. The number of aryl methyl sites for hydroxylation is 2. The number of thiazole rings is 1. The lowest BCUT2D eigenvalue weighted by atomic mass is 9.78. The van der Waals surface area contributed by atoms with Crippen LogP contribution in [0.2, 0.25) is 0 Å². The van der Waals surface area contributed by atoms with Gasteiger partial charge in [0, 0.05) is 18.2 Å². The summed E-state index contributed by atoms with van der Waals surface area (Å²) >= 11 is 1.66. The number of hydrogen-bond donors (Lipinski definition) is 1. The summed E-state index contributed by atoms with van der Waals surface area (Å²) in [6, 6.07) is 8.43. The maximum atomic E-state index is 10.7. The lowest BCUT2D eigenvalue weighted by molar-refractivity contribution is 0.0259. The van der Waals surface area contributed by atoms with Crippen LogP contribution in [0.4, 0.5) is 0 Å². The molecule has 0 radical (unpaired) electrons. The Morgan fingerprint density at radius 3 is 2.83 bits per heavy atom. The van der Waals surface area contributed by atoms with Crippen molar-refractivity contribution in [2.24, 2.45) is 0 Å². The van der Waals surface area contributed by atoms with Crippen molar-refractivity contribution in [3.05, 3.63) is 51.5 Å². The molecule has 1 unspecified atom stereocenters. The van der Waals surface area contributed by atoms with Crippen molar-refractivity contribution in [3.63, 3.8) is 0 Å². The van der Waals surface area contributed by atoms with Gasteiger partial charge in [-0.3, -0.25) is 0 Å². The van der Waals surface area contributed by atoms with E-state index < -0.39 is 5.60 Å². The fourth-order valence-electron chi connectivity index (χ4n) is 2.76. The van der Waals surface area contributed by atoms with Crippen LogP contribution in [-0.4, -0.2) is 15.7 Å². The Balaban J connectivity index is 1.81. The molecule has 94 valence electrons. The average Bonchev–Trinajstić information content (AvgIpc) is 2.74. The van der Waals surface area contributed by atoms with Gasteiger partial charge in [0.05, 0.1) is 16.3 Å². The average molecular weight is 259 g/mol. The molecule has 0 aliphatic heterocycles. The molecule has 1 aromatic heterocycles. The maximum Gasteiger partial charge on any atom is 0.0897 e. The normalized spacial score (nSPS) is 22.8. The van der Waals surface area contributed by atoms with Crippen molar-refractivity contribution in [2.45, 2.75) is 38.2 Å². The molecule has 0 saturated heterocycles. The predicted octanol–water partition coefficient (Wildman–Crippen LogP) is 2.91. The molecule has 2 nitrogen and oxygen atoms in total. The van der Waals surface area contributed by atoms with Crippen LogP contribution in [0.15, 0.2) is 29.6 Å². The molecule has 3 rings (SSSR count). The first-order chi connectivity index (χ1) is 8.65. The van der Waals surface area contributed by atoms with E-state index in [9.17, 15) is 5.11 Å². The number of aliphatic hydroxyl groups is 1. The van der Waals surface area contributed by atoms with Crippen molar-refractivity contribution >= 4 is 11.3 Å². The third-order valence-corrected chi connectivity index (χ3v) is 4.50. The largest absolute Gasteiger partial charge is 0.389 e. The van der Waals surface area contributed by atoms with Gasteiger partial charge in [0.25, 0.3) is 0 Å². The molecule has 0 bridgehead atoms. The first kappa shape index (κ1) is 11.9. The van der Waals surface area contributed by atoms with E-state index in [0.29, 0.717) is 6.42 Å². The molecule has 1 aliphatic rings. The monoisotopic (exact) mass is 259 g/mol. The Morgan fingerprint density at radius 2 is 2.11 bits per heavy atom. The molecule has 1 heterocycles. The molecule has 1 N–H and O–H groups in total. The highest BCUT2D eigenvalue weighted by atomic mass is 32.1. The van der Waals surface area contributed by atoms with Crippen molar-refractivity contribution in [1.82, 2.24) is 4.98 Å². The number of aromatic nitrogens is 1. The van der Waals surface area contributed by atoms with E-state index in [-0.39, 0.29) is 0 Å². The van der Waals surface area contributed by atoms with Gasteiger partial charge in [-0.25, -0.2) is 4.98 Å². The molecule has 0 saturated carbocycles. The van der Waals surface area contributed by atoms with Crippen molar-refractivity contribution < 1.29 is 5.11 Å². The van der Waals surface area contributed by atoms with E-state index in [1.165, 1.54) is 11.1 Å². The molecule has 3 heteroatoms. The highest BCUT2D eigenvalue weighted by Gasteiger charge is 2.32. The minimum Gasteiger partial charge on any atom is -0.389 e. The van der Waals surface area contributed by atoms with Crippen LogP contribution in [0.5, 0.6) is 0 Å². The zero-order valence-corrected chi connectivity index (χ0v) is 11.3. The Kier molecular flexibility index (Phi) is 2.96. The Hall–Kier alpha value is -1.19. The third kappa shape index (κ3) is 2.33. The van der Waals surface area contributed by atoms with Gasteiger partial charge in [-0.05, 0) is 30.9 Å². The van der Waals surface area contributed by atoms with Crippen LogP contribution in [0.1, 0.15) is 28.2 Å². The first-order valence-electron chi connectivity index (χ1n) is 6.35. The van der Waals surface area contributed by atoms with Crippen LogP contribution >= 0.6 is 11.3 Å². The van der Waals surface area contributed by atoms with E-state index in [1.807, 2.05) is 6.92 Å². The smallest absolute Gasteiger partial charge is 0.0897 e. The predicted molar refractivity (Wildman–Crippen MR) is 74.0 cm³/mol. The first-order valence-corrected chi connectivity index (χ1v) is 7.23. The lowest BCUT2D eigenvalue weighted by Crippen LogP contribution is -2.38. The second-order valence-electron chi connectivity index (χ2n) is 5.20. The Labute approximate surface area is 111 Å². The molecule has 0 spiro atoms. The fourth-order valence-corrected chi connectivity index (χ4v) is 3.37. The molecule has 0 fully saturated rings. The van der Waals surface area contributed by atoms with Crippen molar-refractivity contribution in [1.29, 1.82) is 0 Å². The topological polar surface area (TPSA) is 33.1 Å². The third-order valence-electron chi connectivity index (χ3n) is 3.67. The number of fused-ring (bicyclic) bond motifs is 1. The number of hydrogen-bond acceptors (Lipinski definition) is 3. The molecule has 1 atom stereocenters. The fraction of sp³-hybridized carbons (Fsp3) is 0.400. The molecular weight excluding hydrogens is 242 g/mol. The Morgan fingerprint density at radius 1 is 1.33 bits per heavy atom. The molecule has 1 aliphatic carbocycles. The zero-order valence-electron chi connectivity index (χ0n) is 10.5. The Bertz CT molecular complexity index is 563. The van der Waals surface area contributed by atoms with Gasteiger partial charge in [-0.1, -0.05) is 24.3 Å².